The largest absolute Gasteiger partial charge is 0.496 e. The maximum Gasteiger partial charge on any atom is 0.224 e. The molecule has 0 unspecified atom stereocenters. The fourth-order valence-electron chi connectivity index (χ4n) is 2.10. The van der Waals surface area contributed by atoms with Gasteiger partial charge in [-0.15, -0.1) is 0 Å². The summed E-state index contributed by atoms with van der Waals surface area (Å²) in [7, 11) is 1.63. The van der Waals surface area contributed by atoms with E-state index in [0.29, 0.717) is 6.54 Å². The third kappa shape index (κ3) is 4.31. The van der Waals surface area contributed by atoms with Gasteiger partial charge < -0.3 is 10.1 Å². The molecule has 0 radical (unpaired) electrons. The molecule has 0 spiro atoms. The zero-order valence-corrected chi connectivity index (χ0v) is 12.2. The van der Waals surface area contributed by atoms with E-state index in [9.17, 15) is 9.18 Å². The molecule has 2 aromatic rings. The van der Waals surface area contributed by atoms with E-state index in [1.807, 2.05) is 25.1 Å². The minimum absolute atomic E-state index is 0.0879. The SMILES string of the molecule is COc1ccc(CNC(=O)Cc2ccc(F)cc2)cc1C. The van der Waals surface area contributed by atoms with E-state index in [1.165, 1.54) is 12.1 Å². The molecule has 2 rings (SSSR count). The molecule has 0 aromatic heterocycles. The minimum Gasteiger partial charge on any atom is -0.496 e. The molecular formula is C17H18FNO2. The van der Waals surface area contributed by atoms with Crippen molar-refractivity contribution in [3.63, 3.8) is 0 Å². The number of aryl methyl sites for hydroxylation is 1. The summed E-state index contributed by atoms with van der Waals surface area (Å²) in [5.41, 5.74) is 2.84. The summed E-state index contributed by atoms with van der Waals surface area (Å²) in [6.07, 6.45) is 0.245. The van der Waals surface area contributed by atoms with Gasteiger partial charge in [0, 0.05) is 6.54 Å². The Bertz CT molecular complexity index is 623. The third-order valence-corrected chi connectivity index (χ3v) is 3.23. The van der Waals surface area contributed by atoms with Crippen LogP contribution in [0, 0.1) is 12.7 Å². The molecule has 0 saturated heterocycles. The lowest BCUT2D eigenvalue weighted by atomic mass is 10.1. The first-order valence-corrected chi connectivity index (χ1v) is 6.73. The molecule has 0 heterocycles. The monoisotopic (exact) mass is 287 g/mol. The lowest BCUT2D eigenvalue weighted by molar-refractivity contribution is -0.120. The summed E-state index contributed by atoms with van der Waals surface area (Å²) in [6.45, 7) is 2.42. The maximum absolute atomic E-state index is 12.8. The molecule has 0 saturated carbocycles. The lowest BCUT2D eigenvalue weighted by Crippen LogP contribution is -2.24. The second-order valence-corrected chi connectivity index (χ2v) is 4.88. The molecular weight excluding hydrogens is 269 g/mol. The number of nitrogens with one attached hydrogen (secondary N) is 1. The van der Waals surface area contributed by atoms with Gasteiger partial charge in [-0.3, -0.25) is 4.79 Å². The van der Waals surface area contributed by atoms with Crippen LogP contribution < -0.4 is 10.1 Å². The van der Waals surface area contributed by atoms with Crippen LogP contribution in [0.4, 0.5) is 4.39 Å². The zero-order chi connectivity index (χ0) is 15.2. The highest BCUT2D eigenvalue weighted by Gasteiger charge is 2.05. The number of amides is 1. The Morgan fingerprint density at radius 3 is 2.43 bits per heavy atom. The predicted octanol–water partition coefficient (Wildman–Crippen LogP) is 3.00. The average Bonchev–Trinajstić information content (AvgIpc) is 2.48. The van der Waals surface area contributed by atoms with Crippen molar-refractivity contribution in [1.82, 2.24) is 5.32 Å². The summed E-state index contributed by atoms with van der Waals surface area (Å²) in [4.78, 5) is 11.8. The van der Waals surface area contributed by atoms with Gasteiger partial charge in [0.2, 0.25) is 5.91 Å². The van der Waals surface area contributed by atoms with Crippen LogP contribution in [0.25, 0.3) is 0 Å². The smallest absolute Gasteiger partial charge is 0.224 e. The molecule has 0 aliphatic heterocycles. The second-order valence-electron chi connectivity index (χ2n) is 4.88. The van der Waals surface area contributed by atoms with Crippen molar-refractivity contribution in [2.75, 3.05) is 7.11 Å². The number of carbonyl (C=O) groups excluding carboxylic acids is 1. The van der Waals surface area contributed by atoms with Gasteiger partial charge in [-0.25, -0.2) is 4.39 Å². The van der Waals surface area contributed by atoms with E-state index in [-0.39, 0.29) is 18.1 Å². The van der Waals surface area contributed by atoms with Crippen molar-refractivity contribution in [2.24, 2.45) is 0 Å². The van der Waals surface area contributed by atoms with Crippen molar-refractivity contribution in [3.05, 3.63) is 65.0 Å². The number of rotatable bonds is 5. The highest BCUT2D eigenvalue weighted by Crippen LogP contribution is 2.18. The summed E-state index contributed by atoms with van der Waals surface area (Å²) in [5, 5.41) is 2.85. The molecule has 0 aliphatic carbocycles. The number of methoxy groups -OCH3 is 1. The number of hydrogen-bond acceptors (Lipinski definition) is 2. The van der Waals surface area contributed by atoms with Crippen LogP contribution in [-0.4, -0.2) is 13.0 Å². The van der Waals surface area contributed by atoms with Gasteiger partial charge in [0.05, 0.1) is 13.5 Å². The summed E-state index contributed by atoms with van der Waals surface area (Å²) < 4.78 is 18.0. The van der Waals surface area contributed by atoms with E-state index >= 15 is 0 Å². The number of benzene rings is 2. The zero-order valence-electron chi connectivity index (χ0n) is 12.2. The number of halogens is 1. The van der Waals surface area contributed by atoms with E-state index in [1.54, 1.807) is 19.2 Å². The van der Waals surface area contributed by atoms with Gasteiger partial charge in [-0.1, -0.05) is 24.3 Å². The van der Waals surface area contributed by atoms with Gasteiger partial charge in [-0.05, 0) is 41.8 Å². The number of hydrogen-bond donors (Lipinski definition) is 1. The molecule has 2 aromatic carbocycles. The Hall–Kier alpha value is -2.36. The Labute approximate surface area is 123 Å². The van der Waals surface area contributed by atoms with Crippen LogP contribution in [0.5, 0.6) is 5.75 Å². The van der Waals surface area contributed by atoms with Crippen molar-refractivity contribution in [3.8, 4) is 5.75 Å². The fraction of sp³-hybridized carbons (Fsp3) is 0.235. The Kier molecular flexibility index (Phi) is 4.93. The minimum atomic E-state index is -0.298. The van der Waals surface area contributed by atoms with E-state index in [4.69, 9.17) is 4.74 Å². The van der Waals surface area contributed by atoms with Gasteiger partial charge in [0.15, 0.2) is 0 Å². The van der Waals surface area contributed by atoms with E-state index < -0.39 is 0 Å². The highest BCUT2D eigenvalue weighted by molar-refractivity contribution is 5.78. The summed E-state index contributed by atoms with van der Waals surface area (Å²) in [5.74, 6) is 0.444. The first-order valence-electron chi connectivity index (χ1n) is 6.73. The van der Waals surface area contributed by atoms with E-state index in [0.717, 1.165) is 22.4 Å². The van der Waals surface area contributed by atoms with Gasteiger partial charge in [-0.2, -0.15) is 0 Å². The quantitative estimate of drug-likeness (QED) is 0.918. The maximum atomic E-state index is 12.8. The van der Waals surface area contributed by atoms with Crippen molar-refractivity contribution < 1.29 is 13.9 Å². The highest BCUT2D eigenvalue weighted by atomic mass is 19.1. The molecule has 0 aliphatic rings. The number of carbonyl (C=O) groups is 1. The normalized spacial score (nSPS) is 10.2. The molecule has 0 fully saturated rings. The van der Waals surface area contributed by atoms with Crippen LogP contribution in [0.15, 0.2) is 42.5 Å². The van der Waals surface area contributed by atoms with Crippen molar-refractivity contribution in [1.29, 1.82) is 0 Å². The van der Waals surface area contributed by atoms with Gasteiger partial charge in [0.25, 0.3) is 0 Å². The molecule has 0 atom stereocenters. The van der Waals surface area contributed by atoms with Gasteiger partial charge in [0.1, 0.15) is 11.6 Å². The van der Waals surface area contributed by atoms with Crippen LogP contribution in [0.2, 0.25) is 0 Å². The summed E-state index contributed by atoms with van der Waals surface area (Å²) >= 11 is 0. The van der Waals surface area contributed by atoms with Crippen LogP contribution >= 0.6 is 0 Å². The van der Waals surface area contributed by atoms with Crippen molar-refractivity contribution >= 4 is 5.91 Å². The van der Waals surface area contributed by atoms with Crippen LogP contribution in [0.3, 0.4) is 0 Å². The lowest BCUT2D eigenvalue weighted by Gasteiger charge is -2.09. The first-order chi connectivity index (χ1) is 10.1. The average molecular weight is 287 g/mol. The third-order valence-electron chi connectivity index (χ3n) is 3.23. The van der Waals surface area contributed by atoms with Crippen LogP contribution in [-0.2, 0) is 17.8 Å². The Morgan fingerprint density at radius 2 is 1.81 bits per heavy atom. The molecule has 1 amide bonds. The Morgan fingerprint density at radius 1 is 1.14 bits per heavy atom. The molecule has 1 N–H and O–H groups in total. The predicted molar refractivity (Wildman–Crippen MR) is 79.7 cm³/mol. The molecule has 21 heavy (non-hydrogen) atoms. The first kappa shape index (κ1) is 15.0. The Balaban J connectivity index is 1.89. The standard InChI is InChI=1S/C17H18FNO2/c1-12-9-14(5-8-16(12)21-2)11-19-17(20)10-13-3-6-15(18)7-4-13/h3-9H,10-11H2,1-2H3,(H,19,20). The summed E-state index contributed by atoms with van der Waals surface area (Å²) in [6, 6.07) is 11.7. The fourth-order valence-corrected chi connectivity index (χ4v) is 2.10. The number of ether oxygens (including phenoxy) is 1. The molecule has 110 valence electrons. The topological polar surface area (TPSA) is 38.3 Å². The molecule has 0 bridgehead atoms. The van der Waals surface area contributed by atoms with Crippen LogP contribution in [0.1, 0.15) is 16.7 Å². The second kappa shape index (κ2) is 6.88. The molecule has 4 heteroatoms. The van der Waals surface area contributed by atoms with Gasteiger partial charge >= 0.3 is 0 Å². The van der Waals surface area contributed by atoms with Crippen molar-refractivity contribution in [2.45, 2.75) is 19.9 Å². The van der Waals surface area contributed by atoms with E-state index in [2.05, 4.69) is 5.32 Å². The molecule has 3 nitrogen and oxygen atoms in total.